The smallest absolute Gasteiger partial charge is 0.329 e. The van der Waals surface area contributed by atoms with Crippen LogP contribution in [-0.4, -0.2) is 113 Å². The SMILES string of the molecule is CC(C)CCCCCCCCC[C@@H]1CC(=O)N[C@@H](CCC(N)=O)C(=O)N[C@@H](CC(C)C)C(=O)N[C@H](CC(C)C)C(=O)N[C@@H](C(C)C)C(=O)N[C@@H](CC(=O)O)C(=O)N[C@@H](CC(C)C)C(=O)N[C@@H](C(C)C)C(=O)O1. The molecule has 0 aromatic rings. The fraction of sp³-hybridized carbons (Fsp3) is 0.808. The van der Waals surface area contributed by atoms with Gasteiger partial charge in [-0.05, 0) is 74.0 Å². The van der Waals surface area contributed by atoms with Crippen LogP contribution in [0.4, 0.5) is 0 Å². The van der Waals surface area contributed by atoms with Crippen LogP contribution in [0.3, 0.4) is 0 Å². The van der Waals surface area contributed by atoms with E-state index in [9.17, 15) is 53.1 Å². The Morgan fingerprint density at radius 3 is 1.33 bits per heavy atom. The normalized spacial score (nSPS) is 24.2. The van der Waals surface area contributed by atoms with Crippen LogP contribution in [0.25, 0.3) is 0 Å². The number of nitrogens with one attached hydrogen (secondary N) is 7. The minimum Gasteiger partial charge on any atom is -0.481 e. The van der Waals surface area contributed by atoms with Gasteiger partial charge in [0, 0.05) is 6.42 Å². The molecule has 8 atom stereocenters. The number of carbonyl (C=O) groups is 10. The van der Waals surface area contributed by atoms with Crippen LogP contribution in [0.5, 0.6) is 0 Å². The first-order chi connectivity index (χ1) is 33.6. The molecule has 0 unspecified atom stereocenters. The van der Waals surface area contributed by atoms with E-state index in [0.29, 0.717) is 12.3 Å². The first kappa shape index (κ1) is 64.7. The maximum absolute atomic E-state index is 14.1. The van der Waals surface area contributed by atoms with Crippen LogP contribution < -0.4 is 43.0 Å². The number of amides is 8. The lowest BCUT2D eigenvalue weighted by Gasteiger charge is -2.29. The van der Waals surface area contributed by atoms with Crippen molar-refractivity contribution in [2.45, 2.75) is 234 Å². The summed E-state index contributed by atoms with van der Waals surface area (Å²) < 4.78 is 6.02. The number of primary amides is 1. The average Bonchev–Trinajstić information content (AvgIpc) is 3.25. The molecule has 1 saturated heterocycles. The van der Waals surface area contributed by atoms with Crippen molar-refractivity contribution >= 4 is 59.2 Å². The monoisotopic (exact) mass is 1020 g/mol. The van der Waals surface area contributed by atoms with Crippen LogP contribution >= 0.6 is 0 Å². The minimum atomic E-state index is -1.72. The molecule has 10 N–H and O–H groups in total. The van der Waals surface area contributed by atoms with Gasteiger partial charge in [0.25, 0.3) is 0 Å². The standard InChI is InChI=1S/C52H92N8O12/c1-29(2)20-18-16-14-13-15-17-19-21-35-27-42(62)54-36(22-23-41(53)61)46(65)55-37(24-30(3)4)47(66)56-38(25-31(5)6)49(68)59-44(33(9)10)51(70)58-40(28-43(63)64)48(67)57-39(26-32(7)8)50(69)60-45(34(11)12)52(71)72-35/h29-40,44-45H,13-28H2,1-12H3,(H2,53,61)(H,54,62)(H,55,65)(H,56,66)(H,57,67)(H,58,70)(H,59,68)(H,60,69)(H,63,64)/t35-,36+,37+,38-,39+,40+,44+,45+/m1/s1. The van der Waals surface area contributed by atoms with E-state index in [4.69, 9.17) is 10.5 Å². The maximum atomic E-state index is 14.1. The molecular weight excluding hydrogens is 929 g/mol. The minimum absolute atomic E-state index is 0.0435. The molecule has 8 amide bonds. The van der Waals surface area contributed by atoms with Gasteiger partial charge in [-0.15, -0.1) is 0 Å². The molecule has 72 heavy (non-hydrogen) atoms. The Bertz CT molecular complexity index is 1790. The fourth-order valence-electron chi connectivity index (χ4n) is 8.38. The van der Waals surface area contributed by atoms with Crippen molar-refractivity contribution in [1.82, 2.24) is 37.2 Å². The molecule has 0 bridgehead atoms. The summed E-state index contributed by atoms with van der Waals surface area (Å²) in [5.41, 5.74) is 5.48. The highest BCUT2D eigenvalue weighted by Gasteiger charge is 2.37. The third-order valence-electron chi connectivity index (χ3n) is 12.3. The number of carbonyl (C=O) groups excluding carboxylic acids is 9. The summed E-state index contributed by atoms with van der Waals surface area (Å²) in [5, 5.41) is 28.3. The average molecular weight is 1020 g/mol. The number of esters is 1. The van der Waals surface area contributed by atoms with Crippen molar-refractivity contribution in [3.05, 3.63) is 0 Å². The molecule has 1 fully saturated rings. The molecule has 0 aliphatic carbocycles. The van der Waals surface area contributed by atoms with E-state index in [-0.39, 0.29) is 56.3 Å². The molecule has 1 rings (SSSR count). The Hall–Kier alpha value is -5.30. The molecular formula is C52H92N8O12. The Morgan fingerprint density at radius 2 is 0.903 bits per heavy atom. The topological polar surface area (TPSA) is 310 Å². The Balaban J connectivity index is 3.92. The summed E-state index contributed by atoms with van der Waals surface area (Å²) in [7, 11) is 0. The predicted molar refractivity (Wildman–Crippen MR) is 273 cm³/mol. The second-order valence-electron chi connectivity index (χ2n) is 22.0. The van der Waals surface area contributed by atoms with Gasteiger partial charge in [-0.3, -0.25) is 43.2 Å². The third kappa shape index (κ3) is 26.4. The van der Waals surface area contributed by atoms with E-state index in [0.717, 1.165) is 38.5 Å². The summed E-state index contributed by atoms with van der Waals surface area (Å²) in [6, 6.07) is -9.50. The lowest BCUT2D eigenvalue weighted by atomic mass is 9.98. The second kappa shape index (κ2) is 33.4. The largest absolute Gasteiger partial charge is 0.481 e. The molecule has 0 aromatic carbocycles. The van der Waals surface area contributed by atoms with Gasteiger partial charge in [-0.2, -0.15) is 0 Å². The van der Waals surface area contributed by atoms with E-state index >= 15 is 0 Å². The zero-order valence-corrected chi connectivity index (χ0v) is 45.4. The molecule has 1 heterocycles. The number of unbranched alkanes of at least 4 members (excludes halogenated alkanes) is 6. The molecule has 0 aromatic heterocycles. The second-order valence-corrected chi connectivity index (χ2v) is 22.0. The van der Waals surface area contributed by atoms with Gasteiger partial charge in [-0.25, -0.2) is 4.79 Å². The van der Waals surface area contributed by atoms with Crippen molar-refractivity contribution in [3.63, 3.8) is 0 Å². The van der Waals surface area contributed by atoms with Gasteiger partial charge < -0.3 is 52.8 Å². The maximum Gasteiger partial charge on any atom is 0.329 e. The molecule has 0 spiro atoms. The summed E-state index contributed by atoms with van der Waals surface area (Å²) in [5.74, 6) is -9.85. The molecule has 20 nitrogen and oxygen atoms in total. The highest BCUT2D eigenvalue weighted by Crippen LogP contribution is 2.19. The Morgan fingerprint density at radius 1 is 0.500 bits per heavy atom. The van der Waals surface area contributed by atoms with E-state index in [1.807, 2.05) is 27.7 Å². The summed E-state index contributed by atoms with van der Waals surface area (Å²) in [6.07, 6.45) is 5.46. The molecule has 1 aliphatic heterocycles. The number of ether oxygens (including phenoxy) is 1. The quantitative estimate of drug-likeness (QED) is 0.0517. The first-order valence-corrected chi connectivity index (χ1v) is 26.4. The van der Waals surface area contributed by atoms with Gasteiger partial charge >= 0.3 is 11.9 Å². The van der Waals surface area contributed by atoms with Crippen LogP contribution in [0.15, 0.2) is 0 Å². The summed E-state index contributed by atoms with van der Waals surface area (Å²) >= 11 is 0. The molecule has 0 radical (unpaired) electrons. The predicted octanol–water partition coefficient (Wildman–Crippen LogP) is 4.05. The number of hydrogen-bond donors (Lipinski definition) is 9. The zero-order chi connectivity index (χ0) is 54.8. The number of cyclic esters (lactones) is 1. The van der Waals surface area contributed by atoms with Crippen molar-refractivity contribution in [2.75, 3.05) is 0 Å². The van der Waals surface area contributed by atoms with Crippen LogP contribution in [-0.2, 0) is 52.7 Å². The number of carboxylic acid groups (broad SMARTS) is 1. The van der Waals surface area contributed by atoms with E-state index in [2.05, 4.69) is 51.1 Å². The molecule has 20 heteroatoms. The highest BCUT2D eigenvalue weighted by molar-refractivity contribution is 5.98. The van der Waals surface area contributed by atoms with Gasteiger partial charge in [0.2, 0.25) is 47.3 Å². The summed E-state index contributed by atoms with van der Waals surface area (Å²) in [6.45, 7) is 21.8. The number of aliphatic carboxylic acids is 1. The lowest BCUT2D eigenvalue weighted by Crippen LogP contribution is -2.61. The Kier molecular flexibility index (Phi) is 30.0. The molecule has 412 valence electrons. The lowest BCUT2D eigenvalue weighted by molar-refractivity contribution is -0.156. The van der Waals surface area contributed by atoms with Crippen molar-refractivity contribution in [2.24, 2.45) is 41.2 Å². The van der Waals surface area contributed by atoms with Gasteiger partial charge in [0.1, 0.15) is 48.4 Å². The number of nitrogens with two attached hydrogens (primary N) is 1. The van der Waals surface area contributed by atoms with Crippen LogP contribution in [0.2, 0.25) is 0 Å². The van der Waals surface area contributed by atoms with Crippen LogP contribution in [0.1, 0.15) is 186 Å². The van der Waals surface area contributed by atoms with Crippen LogP contribution in [0, 0.1) is 35.5 Å². The van der Waals surface area contributed by atoms with Crippen molar-refractivity contribution in [3.8, 4) is 0 Å². The third-order valence-corrected chi connectivity index (χ3v) is 12.3. The van der Waals surface area contributed by atoms with E-state index in [1.54, 1.807) is 41.5 Å². The number of hydrogen-bond acceptors (Lipinski definition) is 11. The molecule has 0 saturated carbocycles. The van der Waals surface area contributed by atoms with E-state index < -0.39 is 132 Å². The zero-order valence-electron chi connectivity index (χ0n) is 45.4. The number of rotatable bonds is 23. The van der Waals surface area contributed by atoms with E-state index in [1.165, 1.54) is 6.42 Å². The number of carboxylic acids is 1. The van der Waals surface area contributed by atoms with Crippen molar-refractivity contribution < 1.29 is 57.8 Å². The Labute approximate surface area is 428 Å². The van der Waals surface area contributed by atoms with Gasteiger partial charge in [0.05, 0.1) is 12.8 Å². The van der Waals surface area contributed by atoms with Crippen molar-refractivity contribution in [1.29, 1.82) is 0 Å². The highest BCUT2D eigenvalue weighted by atomic mass is 16.5. The molecule has 1 aliphatic rings. The van der Waals surface area contributed by atoms with Gasteiger partial charge in [0.15, 0.2) is 0 Å². The first-order valence-electron chi connectivity index (χ1n) is 26.4. The summed E-state index contributed by atoms with van der Waals surface area (Å²) in [4.78, 5) is 137. The van der Waals surface area contributed by atoms with Gasteiger partial charge in [-0.1, -0.05) is 128 Å². The fourth-order valence-corrected chi connectivity index (χ4v) is 8.38.